The van der Waals surface area contributed by atoms with E-state index in [9.17, 15) is 17.6 Å². The number of hydrogen-bond donors (Lipinski definition) is 1. The second-order valence-corrected chi connectivity index (χ2v) is 4.43. The van der Waals surface area contributed by atoms with Crippen LogP contribution in [0.25, 0.3) is 11.1 Å². The van der Waals surface area contributed by atoms with Gasteiger partial charge in [-0.2, -0.15) is 0 Å². The quantitative estimate of drug-likeness (QED) is 0.869. The molecule has 6 heteroatoms. The van der Waals surface area contributed by atoms with Crippen LogP contribution in [0.15, 0.2) is 42.5 Å². The molecule has 2 N–H and O–H groups in total. The Morgan fingerprint density at radius 2 is 1.67 bits per heavy atom. The number of halogens is 4. The van der Waals surface area contributed by atoms with Crippen molar-refractivity contribution in [2.24, 2.45) is 5.73 Å². The fourth-order valence-corrected chi connectivity index (χ4v) is 1.95. The average Bonchev–Trinajstić information content (AvgIpc) is 2.40. The fourth-order valence-electron chi connectivity index (χ4n) is 1.95. The molecule has 2 nitrogen and oxygen atoms in total. The van der Waals surface area contributed by atoms with Crippen LogP contribution in [0.4, 0.5) is 17.6 Å². The van der Waals surface area contributed by atoms with Gasteiger partial charge >= 0.3 is 6.36 Å². The number of hydrogen-bond acceptors (Lipinski definition) is 2. The minimum absolute atomic E-state index is 0.319. The van der Waals surface area contributed by atoms with Crippen molar-refractivity contribution in [1.29, 1.82) is 0 Å². The minimum atomic E-state index is -4.74. The molecule has 112 valence electrons. The van der Waals surface area contributed by atoms with Gasteiger partial charge in [-0.15, -0.1) is 13.2 Å². The molecular weight excluding hydrogens is 286 g/mol. The Balaban J connectivity index is 2.28. The Labute approximate surface area is 119 Å². The SMILES string of the molecule is NCCc1ccc(F)c(-c2ccc(OC(F)(F)F)cc2)c1. The standard InChI is InChI=1S/C15H13F4NO/c16-14-6-1-10(7-8-20)9-13(14)11-2-4-12(5-3-11)21-15(17,18)19/h1-6,9H,7-8,20H2. The molecule has 0 heterocycles. The van der Waals surface area contributed by atoms with E-state index in [1.54, 1.807) is 12.1 Å². The summed E-state index contributed by atoms with van der Waals surface area (Å²) < 4.78 is 53.8. The van der Waals surface area contributed by atoms with Gasteiger partial charge in [-0.3, -0.25) is 0 Å². The number of ether oxygens (including phenoxy) is 1. The lowest BCUT2D eigenvalue weighted by Crippen LogP contribution is -2.16. The molecule has 2 aromatic rings. The van der Waals surface area contributed by atoms with E-state index >= 15 is 0 Å². The third kappa shape index (κ3) is 4.19. The van der Waals surface area contributed by atoms with Gasteiger partial charge < -0.3 is 10.5 Å². The highest BCUT2D eigenvalue weighted by molar-refractivity contribution is 5.65. The molecule has 2 rings (SSSR count). The van der Waals surface area contributed by atoms with Crippen molar-refractivity contribution in [2.45, 2.75) is 12.8 Å². The number of benzene rings is 2. The Bertz CT molecular complexity index is 608. The lowest BCUT2D eigenvalue weighted by atomic mass is 10.0. The summed E-state index contributed by atoms with van der Waals surface area (Å²) in [6.45, 7) is 0.434. The van der Waals surface area contributed by atoms with E-state index < -0.39 is 12.2 Å². The van der Waals surface area contributed by atoms with E-state index in [0.29, 0.717) is 24.1 Å². The monoisotopic (exact) mass is 299 g/mol. The molecule has 0 aliphatic rings. The molecule has 0 aliphatic heterocycles. The molecule has 0 fully saturated rings. The van der Waals surface area contributed by atoms with Crippen molar-refractivity contribution in [2.75, 3.05) is 6.54 Å². The summed E-state index contributed by atoms with van der Waals surface area (Å²) in [6.07, 6.45) is -4.14. The summed E-state index contributed by atoms with van der Waals surface area (Å²) in [5.74, 6) is -0.787. The zero-order valence-corrected chi connectivity index (χ0v) is 11.0. The summed E-state index contributed by atoms with van der Waals surface area (Å²) in [5.41, 5.74) is 7.11. The van der Waals surface area contributed by atoms with E-state index in [1.165, 1.54) is 18.2 Å². The van der Waals surface area contributed by atoms with Crippen LogP contribution in [0.5, 0.6) is 5.75 Å². The maximum Gasteiger partial charge on any atom is 0.573 e. The zero-order valence-electron chi connectivity index (χ0n) is 11.0. The molecule has 0 saturated heterocycles. The molecule has 0 bridgehead atoms. The summed E-state index contributed by atoms with van der Waals surface area (Å²) in [5, 5.41) is 0. The molecule has 0 atom stereocenters. The van der Waals surface area contributed by atoms with Crippen molar-refractivity contribution < 1.29 is 22.3 Å². The zero-order chi connectivity index (χ0) is 15.5. The molecule has 0 amide bonds. The van der Waals surface area contributed by atoms with Gasteiger partial charge in [0.1, 0.15) is 11.6 Å². The first kappa shape index (κ1) is 15.3. The molecule has 0 spiro atoms. The van der Waals surface area contributed by atoms with E-state index in [2.05, 4.69) is 4.74 Å². The Morgan fingerprint density at radius 3 is 2.24 bits per heavy atom. The number of alkyl halides is 3. The first-order chi connectivity index (χ1) is 9.89. The summed E-state index contributed by atoms with van der Waals surface area (Å²) >= 11 is 0. The topological polar surface area (TPSA) is 35.2 Å². The van der Waals surface area contributed by atoms with Crippen molar-refractivity contribution in [3.8, 4) is 16.9 Å². The van der Waals surface area contributed by atoms with Crippen LogP contribution >= 0.6 is 0 Å². The van der Waals surface area contributed by atoms with Gasteiger partial charge in [0.2, 0.25) is 0 Å². The highest BCUT2D eigenvalue weighted by Crippen LogP contribution is 2.28. The predicted molar refractivity (Wildman–Crippen MR) is 71.3 cm³/mol. The van der Waals surface area contributed by atoms with Crippen LogP contribution in [0.2, 0.25) is 0 Å². The predicted octanol–water partition coefficient (Wildman–Crippen LogP) is 3.89. The van der Waals surface area contributed by atoms with Crippen molar-refractivity contribution in [3.05, 3.63) is 53.8 Å². The van der Waals surface area contributed by atoms with Crippen LogP contribution in [0.1, 0.15) is 5.56 Å². The maximum atomic E-state index is 13.8. The van der Waals surface area contributed by atoms with E-state index in [1.807, 2.05) is 0 Å². The van der Waals surface area contributed by atoms with Crippen LogP contribution in [-0.4, -0.2) is 12.9 Å². The first-order valence-electron chi connectivity index (χ1n) is 6.24. The van der Waals surface area contributed by atoms with Gasteiger partial charge in [0.25, 0.3) is 0 Å². The van der Waals surface area contributed by atoms with Gasteiger partial charge in [-0.25, -0.2) is 4.39 Å². The third-order valence-electron chi connectivity index (χ3n) is 2.86. The van der Waals surface area contributed by atoms with Crippen LogP contribution in [0.3, 0.4) is 0 Å². The minimum Gasteiger partial charge on any atom is -0.406 e. The molecular formula is C15H13F4NO. The van der Waals surface area contributed by atoms with Crippen molar-refractivity contribution >= 4 is 0 Å². The van der Waals surface area contributed by atoms with Crippen LogP contribution in [0, 0.1) is 5.82 Å². The summed E-state index contributed by atoms with van der Waals surface area (Å²) in [4.78, 5) is 0. The van der Waals surface area contributed by atoms with E-state index in [0.717, 1.165) is 17.7 Å². The molecule has 0 radical (unpaired) electrons. The van der Waals surface area contributed by atoms with Gasteiger partial charge in [-0.05, 0) is 48.4 Å². The number of rotatable bonds is 4. The lowest BCUT2D eigenvalue weighted by Gasteiger charge is -2.10. The highest BCUT2D eigenvalue weighted by atomic mass is 19.4. The van der Waals surface area contributed by atoms with E-state index in [4.69, 9.17) is 5.73 Å². The average molecular weight is 299 g/mol. The first-order valence-corrected chi connectivity index (χ1v) is 6.24. The van der Waals surface area contributed by atoms with Gasteiger partial charge in [0.05, 0.1) is 0 Å². The second kappa shape index (κ2) is 6.13. The Morgan fingerprint density at radius 1 is 1.00 bits per heavy atom. The largest absolute Gasteiger partial charge is 0.573 e. The molecule has 0 saturated carbocycles. The van der Waals surface area contributed by atoms with Crippen molar-refractivity contribution in [3.63, 3.8) is 0 Å². The molecule has 0 aromatic heterocycles. The Hall–Kier alpha value is -2.08. The van der Waals surface area contributed by atoms with Gasteiger partial charge in [-0.1, -0.05) is 18.2 Å². The van der Waals surface area contributed by atoms with Gasteiger partial charge in [0.15, 0.2) is 0 Å². The van der Waals surface area contributed by atoms with Crippen molar-refractivity contribution in [1.82, 2.24) is 0 Å². The fraction of sp³-hybridized carbons (Fsp3) is 0.200. The molecule has 2 aromatic carbocycles. The third-order valence-corrected chi connectivity index (χ3v) is 2.86. The second-order valence-electron chi connectivity index (χ2n) is 4.43. The van der Waals surface area contributed by atoms with Gasteiger partial charge in [0, 0.05) is 5.56 Å². The highest BCUT2D eigenvalue weighted by Gasteiger charge is 2.30. The van der Waals surface area contributed by atoms with E-state index in [-0.39, 0.29) is 5.75 Å². The van der Waals surface area contributed by atoms with Crippen LogP contribution < -0.4 is 10.5 Å². The molecule has 0 unspecified atom stereocenters. The molecule has 0 aliphatic carbocycles. The summed E-state index contributed by atoms with van der Waals surface area (Å²) in [7, 11) is 0. The van der Waals surface area contributed by atoms with Crippen LogP contribution in [-0.2, 0) is 6.42 Å². The maximum absolute atomic E-state index is 13.8. The molecule has 21 heavy (non-hydrogen) atoms. The lowest BCUT2D eigenvalue weighted by molar-refractivity contribution is -0.274. The summed E-state index contributed by atoms with van der Waals surface area (Å²) in [6, 6.07) is 9.66. The number of nitrogens with two attached hydrogens (primary N) is 1. The normalized spacial score (nSPS) is 11.5. The smallest absolute Gasteiger partial charge is 0.406 e. The Kier molecular flexibility index (Phi) is 4.47.